The van der Waals surface area contributed by atoms with E-state index in [1.807, 2.05) is 56.3 Å². The number of phenolic OH excluding ortho intramolecular Hbond substituents is 1. The number of imide groups is 1. The molecule has 2 N–H and O–H groups in total. The van der Waals surface area contributed by atoms with Gasteiger partial charge in [0.05, 0.1) is 12.8 Å². The summed E-state index contributed by atoms with van der Waals surface area (Å²) >= 11 is 0. The SMILES string of the molecule is COc1cccc(C2C(c3ccc(N4CCC(CN5CCN(c6ccc7c(c6)CN([C@H]6CCC(=O)NC6=O)C7=O)CC5)CC4)c(F)c3)c3ccc(O)cc3OC2(C)C)c1. The third kappa shape index (κ3) is 7.47. The molecule has 308 valence electrons. The minimum Gasteiger partial charge on any atom is -0.508 e. The van der Waals surface area contributed by atoms with Crippen molar-refractivity contribution in [2.24, 2.45) is 5.92 Å². The Morgan fingerprint density at radius 1 is 0.864 bits per heavy atom. The van der Waals surface area contributed by atoms with E-state index in [9.17, 15) is 19.5 Å². The monoisotopic (exact) mass is 801 g/mol. The molecule has 0 spiro atoms. The van der Waals surface area contributed by atoms with Gasteiger partial charge in [-0.1, -0.05) is 24.3 Å². The molecule has 0 aromatic heterocycles. The number of hydrogen-bond donors (Lipinski definition) is 2. The zero-order valence-electron chi connectivity index (χ0n) is 34.0. The van der Waals surface area contributed by atoms with Gasteiger partial charge in [-0.05, 0) is 104 Å². The molecule has 4 aromatic rings. The number of aromatic hydroxyl groups is 1. The van der Waals surface area contributed by atoms with Crippen molar-refractivity contribution in [3.05, 3.63) is 112 Å². The number of carbonyl (C=O) groups is 3. The molecule has 5 aliphatic rings. The molecule has 59 heavy (non-hydrogen) atoms. The van der Waals surface area contributed by atoms with Crippen molar-refractivity contribution < 1.29 is 33.4 Å². The number of nitrogens with zero attached hydrogens (tertiary/aromatic N) is 4. The van der Waals surface area contributed by atoms with Crippen LogP contribution in [0.25, 0.3) is 0 Å². The number of piperazine rings is 1. The molecule has 0 bridgehead atoms. The van der Waals surface area contributed by atoms with E-state index in [0.717, 1.165) is 92.3 Å². The normalized spacial score (nSPS) is 23.4. The van der Waals surface area contributed by atoms with Crippen molar-refractivity contribution in [1.29, 1.82) is 0 Å². The molecule has 2 unspecified atom stereocenters. The van der Waals surface area contributed by atoms with E-state index >= 15 is 4.39 Å². The van der Waals surface area contributed by atoms with Crippen molar-refractivity contribution in [3.8, 4) is 17.2 Å². The predicted octanol–water partition coefficient (Wildman–Crippen LogP) is 6.43. The van der Waals surface area contributed by atoms with Crippen LogP contribution in [0.5, 0.6) is 17.2 Å². The molecule has 0 saturated carbocycles. The summed E-state index contributed by atoms with van der Waals surface area (Å²) in [5.41, 5.74) is 5.41. The highest BCUT2D eigenvalue weighted by molar-refractivity contribution is 6.05. The average Bonchev–Trinajstić information content (AvgIpc) is 3.55. The van der Waals surface area contributed by atoms with Gasteiger partial charge in [-0.3, -0.25) is 24.6 Å². The highest BCUT2D eigenvalue weighted by Crippen LogP contribution is 2.54. The van der Waals surface area contributed by atoms with E-state index < -0.39 is 17.6 Å². The third-order valence-corrected chi connectivity index (χ3v) is 13.3. The summed E-state index contributed by atoms with van der Waals surface area (Å²) in [6.45, 7) is 10.7. The molecule has 5 aliphatic heterocycles. The van der Waals surface area contributed by atoms with E-state index in [4.69, 9.17) is 9.47 Å². The summed E-state index contributed by atoms with van der Waals surface area (Å²) < 4.78 is 28.5. The van der Waals surface area contributed by atoms with Crippen LogP contribution in [0.15, 0.2) is 78.9 Å². The van der Waals surface area contributed by atoms with Gasteiger partial charge in [0.25, 0.3) is 5.91 Å². The number of hydrogen-bond acceptors (Lipinski definition) is 9. The summed E-state index contributed by atoms with van der Waals surface area (Å²) in [5.74, 6) is 0.572. The molecule has 5 heterocycles. The van der Waals surface area contributed by atoms with Gasteiger partial charge in [0, 0.05) is 93.5 Å². The van der Waals surface area contributed by atoms with Gasteiger partial charge in [0.2, 0.25) is 11.8 Å². The summed E-state index contributed by atoms with van der Waals surface area (Å²) in [7, 11) is 1.65. The maximum Gasteiger partial charge on any atom is 0.255 e. The fraction of sp³-hybridized carbons (Fsp3) is 0.426. The number of ether oxygens (including phenoxy) is 2. The fourth-order valence-electron chi connectivity index (χ4n) is 10.2. The Hall–Kier alpha value is -5.62. The van der Waals surface area contributed by atoms with Gasteiger partial charge < -0.3 is 29.3 Å². The van der Waals surface area contributed by atoms with Crippen molar-refractivity contribution >= 4 is 29.1 Å². The first kappa shape index (κ1) is 38.9. The van der Waals surface area contributed by atoms with Gasteiger partial charge in [0.15, 0.2) is 0 Å². The van der Waals surface area contributed by atoms with Crippen LogP contribution in [-0.2, 0) is 16.1 Å². The number of piperidine rings is 2. The van der Waals surface area contributed by atoms with Crippen molar-refractivity contribution in [3.63, 3.8) is 0 Å². The fourth-order valence-corrected chi connectivity index (χ4v) is 10.2. The zero-order valence-corrected chi connectivity index (χ0v) is 34.0. The van der Waals surface area contributed by atoms with Crippen molar-refractivity contribution in [1.82, 2.24) is 15.1 Å². The van der Waals surface area contributed by atoms with Crippen LogP contribution in [0.1, 0.15) is 84.0 Å². The number of rotatable bonds is 8. The lowest BCUT2D eigenvalue weighted by Crippen LogP contribution is -2.52. The molecule has 0 radical (unpaired) electrons. The number of benzene rings is 4. The van der Waals surface area contributed by atoms with Crippen LogP contribution >= 0.6 is 0 Å². The minimum absolute atomic E-state index is 0.128. The second kappa shape index (κ2) is 15.5. The molecular formula is C47H52FN5O6. The maximum atomic E-state index is 16.4. The lowest BCUT2D eigenvalue weighted by atomic mass is 9.68. The van der Waals surface area contributed by atoms with E-state index in [2.05, 4.69) is 38.2 Å². The van der Waals surface area contributed by atoms with Crippen LogP contribution in [-0.4, -0.2) is 97.2 Å². The number of phenols is 1. The average molecular weight is 802 g/mol. The smallest absolute Gasteiger partial charge is 0.255 e. The summed E-state index contributed by atoms with van der Waals surface area (Å²) in [4.78, 5) is 46.0. The molecule has 3 atom stereocenters. The van der Waals surface area contributed by atoms with Crippen LogP contribution < -0.4 is 24.6 Å². The zero-order chi connectivity index (χ0) is 41.0. The highest BCUT2D eigenvalue weighted by Gasteiger charge is 2.46. The summed E-state index contributed by atoms with van der Waals surface area (Å²) in [6, 6.07) is 24.3. The Labute approximate surface area is 344 Å². The lowest BCUT2D eigenvalue weighted by molar-refractivity contribution is -0.136. The number of methoxy groups -OCH3 is 1. The minimum atomic E-state index is -0.672. The first-order chi connectivity index (χ1) is 28.4. The third-order valence-electron chi connectivity index (χ3n) is 13.3. The van der Waals surface area contributed by atoms with E-state index in [-0.39, 0.29) is 41.6 Å². The topological polar surface area (TPSA) is 115 Å². The van der Waals surface area contributed by atoms with Crippen molar-refractivity contribution in [2.45, 2.75) is 69.6 Å². The number of amides is 3. The second-order valence-corrected chi connectivity index (χ2v) is 17.3. The molecule has 3 amide bonds. The van der Waals surface area contributed by atoms with Crippen molar-refractivity contribution in [2.75, 3.05) is 62.7 Å². The van der Waals surface area contributed by atoms with Gasteiger partial charge in [-0.25, -0.2) is 4.39 Å². The Balaban J connectivity index is 0.821. The van der Waals surface area contributed by atoms with Gasteiger partial charge >= 0.3 is 0 Å². The Morgan fingerprint density at radius 2 is 1.66 bits per heavy atom. The van der Waals surface area contributed by atoms with Gasteiger partial charge in [-0.15, -0.1) is 0 Å². The lowest BCUT2D eigenvalue weighted by Gasteiger charge is -2.46. The Kier molecular flexibility index (Phi) is 10.2. The molecular weight excluding hydrogens is 750 g/mol. The van der Waals surface area contributed by atoms with Crippen LogP contribution in [0, 0.1) is 11.7 Å². The van der Waals surface area contributed by atoms with Crippen LogP contribution in [0.2, 0.25) is 0 Å². The van der Waals surface area contributed by atoms with E-state index in [1.165, 1.54) is 0 Å². The largest absolute Gasteiger partial charge is 0.508 e. The molecule has 3 fully saturated rings. The first-order valence-electron chi connectivity index (χ1n) is 20.9. The van der Waals surface area contributed by atoms with E-state index in [1.54, 1.807) is 30.2 Å². The number of anilines is 2. The predicted molar refractivity (Wildman–Crippen MR) is 223 cm³/mol. The molecule has 11 nitrogen and oxygen atoms in total. The second-order valence-electron chi connectivity index (χ2n) is 17.3. The van der Waals surface area contributed by atoms with Crippen LogP contribution in [0.4, 0.5) is 15.8 Å². The quantitative estimate of drug-likeness (QED) is 0.195. The molecule has 12 heteroatoms. The number of halogens is 1. The maximum absolute atomic E-state index is 16.4. The Morgan fingerprint density at radius 3 is 2.41 bits per heavy atom. The Bertz CT molecular complexity index is 2280. The van der Waals surface area contributed by atoms with E-state index in [0.29, 0.717) is 35.9 Å². The van der Waals surface area contributed by atoms with Gasteiger partial charge in [-0.2, -0.15) is 0 Å². The molecule has 9 rings (SSSR count). The highest BCUT2D eigenvalue weighted by atomic mass is 19.1. The standard InChI is InChI=1S/C47H52FN5O6/c1-47(2)44(31-5-4-6-35(24-31)58-3)43(37-11-9-34(54)26-41(37)59-47)30-7-12-39(38(48)25-30)52-17-15-29(16-18-52)27-50-19-21-51(22-20-50)33-8-10-36-32(23-33)28-53(46(36)57)40-13-14-42(55)49-45(40)56/h4-12,23-26,29,40,43-44,54H,13-22,27-28H2,1-3H3,(H,49,55,56)/t40-,43?,44?/m0/s1. The number of nitrogens with one attached hydrogen (secondary N) is 1. The van der Waals surface area contributed by atoms with Crippen LogP contribution in [0.3, 0.4) is 0 Å². The number of carbonyl (C=O) groups excluding carboxylic acids is 3. The summed E-state index contributed by atoms with van der Waals surface area (Å²) in [5, 5.41) is 12.7. The summed E-state index contributed by atoms with van der Waals surface area (Å²) in [6.07, 6.45) is 2.58. The molecule has 0 aliphatic carbocycles. The molecule has 3 saturated heterocycles. The number of fused-ring (bicyclic) bond motifs is 2. The molecule has 4 aromatic carbocycles. The van der Waals surface area contributed by atoms with Gasteiger partial charge in [0.1, 0.15) is 34.7 Å². The first-order valence-corrected chi connectivity index (χ1v) is 20.9.